The van der Waals surface area contributed by atoms with E-state index in [0.29, 0.717) is 12.6 Å². The van der Waals surface area contributed by atoms with E-state index in [0.717, 1.165) is 41.8 Å². The number of aromatic nitrogens is 1. The van der Waals surface area contributed by atoms with Gasteiger partial charge in [-0.05, 0) is 12.8 Å². The van der Waals surface area contributed by atoms with E-state index < -0.39 is 0 Å². The maximum Gasteiger partial charge on any atom is 0.233 e. The Bertz CT molecular complexity index is 418. The molecule has 1 aromatic heterocycles. The molecule has 1 aromatic rings. The highest BCUT2D eigenvalue weighted by molar-refractivity contribution is 7.15. The molecule has 0 bridgehead atoms. The number of carbonyl (C=O) groups is 1. The van der Waals surface area contributed by atoms with Crippen molar-refractivity contribution in [2.24, 2.45) is 0 Å². The zero-order valence-corrected chi connectivity index (χ0v) is 12.6. The summed E-state index contributed by atoms with van der Waals surface area (Å²) in [5, 5.41) is 7.18. The van der Waals surface area contributed by atoms with Gasteiger partial charge in [-0.2, -0.15) is 0 Å². The second kappa shape index (κ2) is 7.19. The number of carbonyl (C=O) groups excluding carboxylic acids is 1. The molecule has 0 aromatic carbocycles. The van der Waals surface area contributed by atoms with E-state index in [9.17, 15) is 4.79 Å². The van der Waals surface area contributed by atoms with Gasteiger partial charge in [-0.3, -0.25) is 9.69 Å². The highest BCUT2D eigenvalue weighted by Crippen LogP contribution is 2.18. The van der Waals surface area contributed by atoms with Crippen molar-refractivity contribution in [1.82, 2.24) is 20.5 Å². The Hall–Kier alpha value is -0.690. The van der Waals surface area contributed by atoms with Gasteiger partial charge in [0.25, 0.3) is 0 Å². The van der Waals surface area contributed by atoms with Gasteiger partial charge in [0.15, 0.2) is 0 Å². The molecule has 2 heterocycles. The minimum Gasteiger partial charge on any atom is -0.358 e. The van der Waals surface area contributed by atoms with Gasteiger partial charge in [-0.15, -0.1) is 11.3 Å². The number of amides is 1. The predicted molar refractivity (Wildman–Crippen MR) is 77.5 cm³/mol. The third-order valence-corrected chi connectivity index (χ3v) is 4.42. The molecule has 2 N–H and O–H groups in total. The van der Waals surface area contributed by atoms with Gasteiger partial charge in [0.05, 0.1) is 12.7 Å². The summed E-state index contributed by atoms with van der Waals surface area (Å²) in [6.07, 6.45) is 3.82. The fraction of sp³-hybridized carbons (Fsp3) is 0.667. The molecule has 0 atom stereocenters. The van der Waals surface area contributed by atoms with Gasteiger partial charge in [-0.1, -0.05) is 11.6 Å². The SMILES string of the molecule is CNC(=O)CN1CCC(NCc2ncc(Cl)s2)CC1. The first-order valence-electron chi connectivity index (χ1n) is 6.44. The maximum absolute atomic E-state index is 11.3. The highest BCUT2D eigenvalue weighted by Gasteiger charge is 2.20. The van der Waals surface area contributed by atoms with Crippen LogP contribution in [0.3, 0.4) is 0 Å². The van der Waals surface area contributed by atoms with Gasteiger partial charge >= 0.3 is 0 Å². The first-order valence-corrected chi connectivity index (χ1v) is 7.63. The molecule has 5 nitrogen and oxygen atoms in total. The summed E-state index contributed by atoms with van der Waals surface area (Å²) in [7, 11) is 1.68. The summed E-state index contributed by atoms with van der Waals surface area (Å²) in [4.78, 5) is 17.7. The van der Waals surface area contributed by atoms with E-state index >= 15 is 0 Å². The van der Waals surface area contributed by atoms with Crippen molar-refractivity contribution in [1.29, 1.82) is 0 Å². The van der Waals surface area contributed by atoms with Crippen LogP contribution in [0.1, 0.15) is 17.8 Å². The van der Waals surface area contributed by atoms with Crippen LogP contribution < -0.4 is 10.6 Å². The Morgan fingerprint density at radius 1 is 1.58 bits per heavy atom. The Morgan fingerprint density at radius 2 is 2.32 bits per heavy atom. The number of rotatable bonds is 5. The lowest BCUT2D eigenvalue weighted by Gasteiger charge is -2.31. The van der Waals surface area contributed by atoms with Crippen LogP contribution in [-0.4, -0.2) is 48.5 Å². The zero-order chi connectivity index (χ0) is 13.7. The number of hydrogen-bond acceptors (Lipinski definition) is 5. The molecule has 0 aliphatic carbocycles. The van der Waals surface area contributed by atoms with E-state index in [1.165, 1.54) is 11.3 Å². The fourth-order valence-electron chi connectivity index (χ4n) is 2.18. The van der Waals surface area contributed by atoms with Crippen molar-refractivity contribution in [3.63, 3.8) is 0 Å². The minimum atomic E-state index is 0.0869. The predicted octanol–water partition coefficient (Wildman–Crippen LogP) is 1.10. The third-order valence-electron chi connectivity index (χ3n) is 3.30. The van der Waals surface area contributed by atoms with Crippen LogP contribution in [-0.2, 0) is 11.3 Å². The first kappa shape index (κ1) is 14.7. The quantitative estimate of drug-likeness (QED) is 0.855. The molecule has 0 unspecified atom stereocenters. The number of nitrogens with one attached hydrogen (secondary N) is 2. The number of piperidine rings is 1. The van der Waals surface area contributed by atoms with Gasteiger partial charge < -0.3 is 10.6 Å². The lowest BCUT2D eigenvalue weighted by molar-refractivity contribution is -0.122. The standard InChI is InChI=1S/C12H19ClN4OS/c1-14-11(18)8-17-4-2-9(3-5-17)15-7-12-16-6-10(13)19-12/h6,9,15H,2-5,7-8H2,1H3,(H,14,18). The number of nitrogens with zero attached hydrogens (tertiary/aromatic N) is 2. The Labute approximate surface area is 122 Å². The van der Waals surface area contributed by atoms with E-state index in [4.69, 9.17) is 11.6 Å². The molecule has 2 rings (SSSR count). The maximum atomic E-state index is 11.3. The Balaban J connectivity index is 1.67. The van der Waals surface area contributed by atoms with Gasteiger partial charge in [0.1, 0.15) is 9.34 Å². The first-order chi connectivity index (χ1) is 9.17. The fourth-order valence-corrected chi connectivity index (χ4v) is 3.09. The van der Waals surface area contributed by atoms with E-state index in [1.807, 2.05) is 0 Å². The molecule has 1 saturated heterocycles. The van der Waals surface area contributed by atoms with Crippen LogP contribution in [0, 0.1) is 0 Å². The summed E-state index contributed by atoms with van der Waals surface area (Å²) >= 11 is 7.36. The van der Waals surface area contributed by atoms with Crippen LogP contribution in [0.4, 0.5) is 0 Å². The number of halogens is 1. The van der Waals surface area contributed by atoms with Crippen molar-refractivity contribution in [2.75, 3.05) is 26.7 Å². The normalized spacial score (nSPS) is 17.6. The Morgan fingerprint density at radius 3 is 2.89 bits per heavy atom. The number of likely N-dealkylation sites (tertiary alicyclic amines) is 1. The monoisotopic (exact) mass is 302 g/mol. The molecule has 0 saturated carbocycles. The molecule has 7 heteroatoms. The molecular weight excluding hydrogens is 284 g/mol. The summed E-state index contributed by atoms with van der Waals surface area (Å²) in [6.45, 7) is 3.20. The zero-order valence-electron chi connectivity index (χ0n) is 11.0. The average molecular weight is 303 g/mol. The van der Waals surface area contributed by atoms with Crippen LogP contribution in [0.2, 0.25) is 4.34 Å². The summed E-state index contributed by atoms with van der Waals surface area (Å²) in [6, 6.07) is 0.503. The summed E-state index contributed by atoms with van der Waals surface area (Å²) < 4.78 is 0.734. The van der Waals surface area contributed by atoms with E-state index in [2.05, 4.69) is 20.5 Å². The van der Waals surface area contributed by atoms with Crippen LogP contribution in [0.25, 0.3) is 0 Å². The molecule has 1 aliphatic heterocycles. The minimum absolute atomic E-state index is 0.0869. The van der Waals surface area contributed by atoms with Crippen LogP contribution in [0.15, 0.2) is 6.20 Å². The molecule has 1 aliphatic rings. The smallest absolute Gasteiger partial charge is 0.233 e. The van der Waals surface area contributed by atoms with E-state index in [-0.39, 0.29) is 5.91 Å². The number of thiazole rings is 1. The molecule has 1 amide bonds. The van der Waals surface area contributed by atoms with Gasteiger partial charge in [-0.25, -0.2) is 4.98 Å². The largest absolute Gasteiger partial charge is 0.358 e. The van der Waals surface area contributed by atoms with Crippen molar-refractivity contribution in [3.8, 4) is 0 Å². The van der Waals surface area contributed by atoms with E-state index in [1.54, 1.807) is 13.2 Å². The summed E-state index contributed by atoms with van der Waals surface area (Å²) in [5.74, 6) is 0.0869. The lowest BCUT2D eigenvalue weighted by Crippen LogP contribution is -2.45. The number of hydrogen-bond donors (Lipinski definition) is 2. The topological polar surface area (TPSA) is 57.3 Å². The molecule has 0 spiro atoms. The van der Waals surface area contributed by atoms with Crippen LogP contribution in [0.5, 0.6) is 0 Å². The van der Waals surface area contributed by atoms with Crippen molar-refractivity contribution < 1.29 is 4.79 Å². The molecule has 106 valence electrons. The Kier molecular flexibility index (Phi) is 5.57. The van der Waals surface area contributed by atoms with Gasteiger partial charge in [0, 0.05) is 32.7 Å². The molecule has 1 fully saturated rings. The lowest BCUT2D eigenvalue weighted by atomic mass is 10.1. The average Bonchev–Trinajstić information content (AvgIpc) is 2.83. The third kappa shape index (κ3) is 4.72. The van der Waals surface area contributed by atoms with Crippen molar-refractivity contribution >= 4 is 28.8 Å². The highest BCUT2D eigenvalue weighted by atomic mass is 35.5. The van der Waals surface area contributed by atoms with Gasteiger partial charge in [0.2, 0.25) is 5.91 Å². The van der Waals surface area contributed by atoms with Crippen LogP contribution >= 0.6 is 22.9 Å². The molecule has 0 radical (unpaired) electrons. The number of likely N-dealkylation sites (N-methyl/N-ethyl adjacent to an activating group) is 1. The second-order valence-corrected chi connectivity index (χ2v) is 6.41. The molecule has 19 heavy (non-hydrogen) atoms. The molecular formula is C12H19ClN4OS. The second-order valence-electron chi connectivity index (χ2n) is 4.66. The summed E-state index contributed by atoms with van der Waals surface area (Å²) in [5.41, 5.74) is 0. The van der Waals surface area contributed by atoms with Crippen molar-refractivity contribution in [3.05, 3.63) is 15.5 Å². The van der Waals surface area contributed by atoms with Crippen molar-refractivity contribution in [2.45, 2.75) is 25.4 Å².